The zero-order chi connectivity index (χ0) is 21.9. The Morgan fingerprint density at radius 2 is 2.03 bits per heavy atom. The molecule has 1 aromatic heterocycles. The number of hydrogen-bond donors (Lipinski definition) is 2. The van der Waals surface area contributed by atoms with Crippen LogP contribution in [0.2, 0.25) is 5.02 Å². The number of anilines is 1. The predicted octanol–water partition coefficient (Wildman–Crippen LogP) is 4.18. The fourth-order valence-corrected chi connectivity index (χ4v) is 4.60. The van der Waals surface area contributed by atoms with Crippen molar-refractivity contribution >= 4 is 56.0 Å². The van der Waals surface area contributed by atoms with E-state index in [4.69, 9.17) is 16.7 Å². The van der Waals surface area contributed by atoms with Gasteiger partial charge in [-0.2, -0.15) is 0 Å². The van der Waals surface area contributed by atoms with Gasteiger partial charge >= 0.3 is 0 Å². The number of nitrogens with zero attached hydrogens (tertiary/aromatic N) is 2. The molecule has 3 aromatic rings. The van der Waals surface area contributed by atoms with Crippen LogP contribution in [0.1, 0.15) is 25.3 Å². The van der Waals surface area contributed by atoms with Crippen molar-refractivity contribution in [3.63, 3.8) is 0 Å². The van der Waals surface area contributed by atoms with E-state index in [0.717, 1.165) is 30.5 Å². The second-order valence-corrected chi connectivity index (χ2v) is 9.83. The van der Waals surface area contributed by atoms with Gasteiger partial charge in [-0.25, -0.2) is 18.5 Å². The van der Waals surface area contributed by atoms with E-state index in [0.29, 0.717) is 21.4 Å². The van der Waals surface area contributed by atoms with Crippen LogP contribution in [0.5, 0.6) is 0 Å². The number of aryl methyl sites for hydroxylation is 2. The van der Waals surface area contributed by atoms with Gasteiger partial charge in [-0.3, -0.25) is 4.79 Å². The third-order valence-corrected chi connectivity index (χ3v) is 6.68. The van der Waals surface area contributed by atoms with Gasteiger partial charge in [-0.15, -0.1) is 0 Å². The summed E-state index contributed by atoms with van der Waals surface area (Å²) >= 11 is 7.47. The predicted molar refractivity (Wildman–Crippen MR) is 122 cm³/mol. The highest BCUT2D eigenvalue weighted by Crippen LogP contribution is 2.27. The maximum Gasteiger partial charge on any atom is 0.238 e. The number of unbranched alkanes of at least 4 members (excludes halogenated alkanes) is 1. The Balaban J connectivity index is 1.82. The zero-order valence-electron chi connectivity index (χ0n) is 16.7. The molecular weight excluding hydrogens is 444 g/mol. The SMILES string of the molecule is CCCCn1c(SCC(=O)Nc2ccc(C)cc2Cl)nc2cc(S(N)(=O)=O)ccc21. The number of rotatable bonds is 8. The van der Waals surface area contributed by atoms with Crippen LogP contribution in [0.25, 0.3) is 11.0 Å². The summed E-state index contributed by atoms with van der Waals surface area (Å²) < 4.78 is 25.3. The number of primary sulfonamides is 1. The monoisotopic (exact) mass is 466 g/mol. The van der Waals surface area contributed by atoms with Crippen molar-refractivity contribution in [3.05, 3.63) is 47.0 Å². The van der Waals surface area contributed by atoms with Gasteiger partial charge in [0.2, 0.25) is 15.9 Å². The van der Waals surface area contributed by atoms with E-state index in [1.807, 2.05) is 17.6 Å². The van der Waals surface area contributed by atoms with Crippen molar-refractivity contribution in [1.82, 2.24) is 9.55 Å². The maximum absolute atomic E-state index is 12.4. The first-order chi connectivity index (χ1) is 14.2. The summed E-state index contributed by atoms with van der Waals surface area (Å²) in [6.07, 6.45) is 1.92. The van der Waals surface area contributed by atoms with Gasteiger partial charge in [0.25, 0.3) is 0 Å². The fraction of sp³-hybridized carbons (Fsp3) is 0.300. The number of hydrogen-bond acceptors (Lipinski definition) is 5. The van der Waals surface area contributed by atoms with Crippen LogP contribution in [0.15, 0.2) is 46.5 Å². The number of carbonyl (C=O) groups is 1. The number of amides is 1. The van der Waals surface area contributed by atoms with Crippen LogP contribution >= 0.6 is 23.4 Å². The van der Waals surface area contributed by atoms with E-state index in [1.54, 1.807) is 18.2 Å². The van der Waals surface area contributed by atoms with Crippen molar-refractivity contribution < 1.29 is 13.2 Å². The Hall–Kier alpha value is -2.07. The summed E-state index contributed by atoms with van der Waals surface area (Å²) in [5.41, 5.74) is 2.91. The number of aromatic nitrogens is 2. The zero-order valence-corrected chi connectivity index (χ0v) is 19.1. The Labute approximate surface area is 185 Å². The average molecular weight is 467 g/mol. The molecule has 3 rings (SSSR count). The molecule has 1 amide bonds. The topological polar surface area (TPSA) is 107 Å². The summed E-state index contributed by atoms with van der Waals surface area (Å²) in [7, 11) is -3.82. The highest BCUT2D eigenvalue weighted by Gasteiger charge is 2.16. The van der Waals surface area contributed by atoms with Crippen molar-refractivity contribution in [2.45, 2.75) is 43.3 Å². The highest BCUT2D eigenvalue weighted by molar-refractivity contribution is 7.99. The third-order valence-electron chi connectivity index (χ3n) is 4.48. The van der Waals surface area contributed by atoms with Gasteiger partial charge < -0.3 is 9.88 Å². The number of nitrogens with two attached hydrogens (primary N) is 1. The molecule has 0 aliphatic heterocycles. The van der Waals surface area contributed by atoms with Crippen LogP contribution in [0.4, 0.5) is 5.69 Å². The number of fused-ring (bicyclic) bond motifs is 1. The van der Waals surface area contributed by atoms with Crippen molar-refractivity contribution in [3.8, 4) is 0 Å². The molecular formula is C20H23ClN4O3S2. The number of sulfonamides is 1. The van der Waals surface area contributed by atoms with Gasteiger partial charge in [0, 0.05) is 6.54 Å². The smallest absolute Gasteiger partial charge is 0.238 e. The van der Waals surface area contributed by atoms with Gasteiger partial charge in [-0.05, 0) is 49.2 Å². The number of carbonyl (C=O) groups excluding carboxylic acids is 1. The van der Waals surface area contributed by atoms with E-state index in [1.165, 1.54) is 23.9 Å². The number of benzene rings is 2. The maximum atomic E-state index is 12.4. The Bertz CT molecular complexity index is 1190. The van der Waals surface area contributed by atoms with Crippen molar-refractivity contribution in [2.75, 3.05) is 11.1 Å². The molecule has 30 heavy (non-hydrogen) atoms. The normalized spacial score (nSPS) is 11.7. The number of thioether (sulfide) groups is 1. The molecule has 3 N–H and O–H groups in total. The minimum atomic E-state index is -3.82. The molecule has 160 valence electrons. The number of halogens is 1. The number of nitrogens with one attached hydrogen (secondary N) is 1. The molecule has 0 atom stereocenters. The van der Waals surface area contributed by atoms with Crippen LogP contribution in [-0.2, 0) is 21.4 Å². The molecule has 0 radical (unpaired) electrons. The van der Waals surface area contributed by atoms with Gasteiger partial charge in [-0.1, -0.05) is 42.8 Å². The lowest BCUT2D eigenvalue weighted by atomic mass is 10.2. The van der Waals surface area contributed by atoms with Gasteiger partial charge in [0.1, 0.15) is 0 Å². The van der Waals surface area contributed by atoms with E-state index in [9.17, 15) is 13.2 Å². The first-order valence-corrected chi connectivity index (χ1v) is 12.3. The summed E-state index contributed by atoms with van der Waals surface area (Å²) in [6, 6.07) is 10.1. The van der Waals surface area contributed by atoms with Crippen LogP contribution < -0.4 is 10.5 Å². The quantitative estimate of drug-likeness (QED) is 0.484. The van der Waals surface area contributed by atoms with Gasteiger partial charge in [0.15, 0.2) is 5.16 Å². The summed E-state index contributed by atoms with van der Waals surface area (Å²) in [4.78, 5) is 17.0. The number of imidazole rings is 1. The molecule has 7 nitrogen and oxygen atoms in total. The lowest BCUT2D eigenvalue weighted by molar-refractivity contribution is -0.113. The van der Waals surface area contributed by atoms with Crippen LogP contribution in [0.3, 0.4) is 0 Å². The van der Waals surface area contributed by atoms with E-state index in [-0.39, 0.29) is 16.6 Å². The average Bonchev–Trinajstić information content (AvgIpc) is 3.03. The molecule has 1 heterocycles. The summed E-state index contributed by atoms with van der Waals surface area (Å²) in [6.45, 7) is 4.73. The van der Waals surface area contributed by atoms with E-state index < -0.39 is 10.0 Å². The minimum Gasteiger partial charge on any atom is -0.324 e. The molecule has 0 spiro atoms. The fourth-order valence-electron chi connectivity index (χ4n) is 2.94. The first kappa shape index (κ1) is 22.6. The van der Waals surface area contributed by atoms with Gasteiger partial charge in [0.05, 0.1) is 32.4 Å². The highest BCUT2D eigenvalue weighted by atomic mass is 35.5. The van der Waals surface area contributed by atoms with Crippen molar-refractivity contribution in [1.29, 1.82) is 0 Å². The lowest BCUT2D eigenvalue weighted by Gasteiger charge is -2.10. The lowest BCUT2D eigenvalue weighted by Crippen LogP contribution is -2.15. The molecule has 0 aliphatic rings. The second kappa shape index (κ2) is 9.38. The molecule has 0 saturated carbocycles. The Morgan fingerprint density at radius 1 is 1.27 bits per heavy atom. The largest absolute Gasteiger partial charge is 0.324 e. The Kier molecular flexibility index (Phi) is 7.07. The van der Waals surface area contributed by atoms with Crippen molar-refractivity contribution in [2.24, 2.45) is 5.14 Å². The molecule has 0 unspecified atom stereocenters. The summed E-state index contributed by atoms with van der Waals surface area (Å²) in [5.74, 6) is -0.0631. The second-order valence-electron chi connectivity index (χ2n) is 6.92. The van der Waals surface area contributed by atoms with E-state index in [2.05, 4.69) is 17.2 Å². The first-order valence-electron chi connectivity index (χ1n) is 9.41. The molecule has 0 fully saturated rings. The Morgan fingerprint density at radius 3 is 2.70 bits per heavy atom. The van der Waals surface area contributed by atoms with Crippen LogP contribution in [-0.4, -0.2) is 29.6 Å². The third kappa shape index (κ3) is 5.34. The summed E-state index contributed by atoms with van der Waals surface area (Å²) in [5, 5.41) is 9.18. The standard InChI is InChI=1S/C20H23ClN4O3S2/c1-3-4-9-25-18-8-6-14(30(22,27)28)11-17(18)24-20(25)29-12-19(26)23-16-7-5-13(2)10-15(16)21/h5-8,10-11H,3-4,9,12H2,1-2H3,(H,23,26)(H2,22,27,28). The van der Waals surface area contributed by atoms with Crippen LogP contribution in [0, 0.1) is 6.92 Å². The minimum absolute atomic E-state index is 0.0125. The molecule has 0 saturated heterocycles. The molecule has 10 heteroatoms. The molecule has 2 aromatic carbocycles. The molecule has 0 aliphatic carbocycles. The molecule has 0 bridgehead atoms. The van der Waals surface area contributed by atoms with E-state index >= 15 is 0 Å².